The van der Waals surface area contributed by atoms with E-state index in [4.69, 9.17) is 0 Å². The second-order valence-corrected chi connectivity index (χ2v) is 5.08. The summed E-state index contributed by atoms with van der Waals surface area (Å²) in [6.45, 7) is 7.66. The molecule has 0 N–H and O–H groups in total. The Morgan fingerprint density at radius 3 is 2.78 bits per heavy atom. The van der Waals surface area contributed by atoms with Crippen molar-refractivity contribution in [2.24, 2.45) is 0 Å². The van der Waals surface area contributed by atoms with Gasteiger partial charge in [0.15, 0.2) is 0 Å². The maximum atomic E-state index is 4.63. The zero-order valence-electron chi connectivity index (χ0n) is 11.9. The monoisotopic (exact) mass is 247 g/mol. The minimum atomic E-state index is 0.544. The van der Waals surface area contributed by atoms with Gasteiger partial charge in [0.1, 0.15) is 5.82 Å². The fraction of sp³-hybridized carbons (Fsp3) is 0.667. The third-order valence-electron chi connectivity index (χ3n) is 4.01. The molecule has 2 rings (SSSR count). The molecule has 2 heterocycles. The highest BCUT2D eigenvalue weighted by molar-refractivity contribution is 5.48. The van der Waals surface area contributed by atoms with Gasteiger partial charge >= 0.3 is 0 Å². The minimum Gasteiger partial charge on any atom is -0.357 e. The summed E-state index contributed by atoms with van der Waals surface area (Å²) in [5, 5.41) is 0. The summed E-state index contributed by atoms with van der Waals surface area (Å²) in [6, 6.07) is 4.88. The molecule has 0 spiro atoms. The van der Waals surface area contributed by atoms with Gasteiger partial charge in [0.05, 0.1) is 0 Å². The normalized spacial score (nSPS) is 20.9. The zero-order valence-corrected chi connectivity index (χ0v) is 11.9. The summed E-state index contributed by atoms with van der Waals surface area (Å²) in [7, 11) is 2.24. The van der Waals surface area contributed by atoms with Gasteiger partial charge in [-0.3, -0.25) is 4.90 Å². The highest BCUT2D eigenvalue weighted by Crippen LogP contribution is 2.34. The topological polar surface area (TPSA) is 19.4 Å². The lowest BCUT2D eigenvalue weighted by Gasteiger charge is -2.35. The van der Waals surface area contributed by atoms with Crippen LogP contribution < -0.4 is 4.90 Å². The van der Waals surface area contributed by atoms with Crippen molar-refractivity contribution in [1.29, 1.82) is 0 Å². The molecular weight excluding hydrogens is 222 g/mol. The molecule has 100 valence electrons. The summed E-state index contributed by atoms with van der Waals surface area (Å²) in [6.07, 6.45) is 5.84. The fourth-order valence-corrected chi connectivity index (χ4v) is 2.92. The van der Waals surface area contributed by atoms with Crippen LogP contribution in [-0.2, 0) is 0 Å². The number of anilines is 1. The van der Waals surface area contributed by atoms with Crippen molar-refractivity contribution in [2.75, 3.05) is 31.6 Å². The van der Waals surface area contributed by atoms with Crippen molar-refractivity contribution in [3.8, 4) is 0 Å². The molecule has 3 nitrogen and oxygen atoms in total. The third kappa shape index (κ3) is 2.66. The molecule has 1 atom stereocenters. The molecule has 0 saturated carbocycles. The Morgan fingerprint density at radius 2 is 2.11 bits per heavy atom. The summed E-state index contributed by atoms with van der Waals surface area (Å²) < 4.78 is 0. The van der Waals surface area contributed by atoms with Gasteiger partial charge in [-0.1, -0.05) is 12.5 Å². The average molecular weight is 247 g/mol. The second-order valence-electron chi connectivity index (χ2n) is 5.08. The Kier molecular flexibility index (Phi) is 4.59. The van der Waals surface area contributed by atoms with Gasteiger partial charge in [0.2, 0.25) is 0 Å². The predicted molar refractivity (Wildman–Crippen MR) is 77.0 cm³/mol. The Morgan fingerprint density at radius 1 is 1.33 bits per heavy atom. The van der Waals surface area contributed by atoms with E-state index in [1.807, 2.05) is 6.20 Å². The lowest BCUT2D eigenvalue weighted by atomic mass is 9.96. The zero-order chi connectivity index (χ0) is 13.0. The number of likely N-dealkylation sites (tertiary alicyclic amines) is 1. The van der Waals surface area contributed by atoms with Gasteiger partial charge in [-0.05, 0) is 46.3 Å². The van der Waals surface area contributed by atoms with Crippen LogP contribution in [0.15, 0.2) is 18.3 Å². The highest BCUT2D eigenvalue weighted by atomic mass is 15.2. The molecular formula is C15H25N3. The van der Waals surface area contributed by atoms with E-state index in [2.05, 4.69) is 47.8 Å². The van der Waals surface area contributed by atoms with E-state index >= 15 is 0 Å². The number of hydrogen-bond donors (Lipinski definition) is 0. The van der Waals surface area contributed by atoms with Crippen LogP contribution in [0.4, 0.5) is 5.82 Å². The van der Waals surface area contributed by atoms with Gasteiger partial charge in [-0.25, -0.2) is 4.98 Å². The van der Waals surface area contributed by atoms with Crippen molar-refractivity contribution in [1.82, 2.24) is 9.88 Å². The van der Waals surface area contributed by atoms with Gasteiger partial charge < -0.3 is 4.90 Å². The lowest BCUT2D eigenvalue weighted by molar-refractivity contribution is 0.187. The molecule has 0 unspecified atom stereocenters. The molecule has 18 heavy (non-hydrogen) atoms. The fourth-order valence-electron chi connectivity index (χ4n) is 2.92. The third-order valence-corrected chi connectivity index (χ3v) is 4.01. The van der Waals surface area contributed by atoms with Gasteiger partial charge in [-0.15, -0.1) is 0 Å². The van der Waals surface area contributed by atoms with Crippen LogP contribution in [0.3, 0.4) is 0 Å². The summed E-state index contributed by atoms with van der Waals surface area (Å²) >= 11 is 0. The van der Waals surface area contributed by atoms with Crippen LogP contribution in [0.25, 0.3) is 0 Å². The molecule has 0 amide bonds. The summed E-state index contributed by atoms with van der Waals surface area (Å²) in [5.74, 6) is 1.18. The van der Waals surface area contributed by atoms with Crippen LogP contribution in [0.1, 0.15) is 44.7 Å². The molecule has 1 fully saturated rings. The smallest absolute Gasteiger partial charge is 0.133 e. The summed E-state index contributed by atoms with van der Waals surface area (Å²) in [5.41, 5.74) is 1.41. The Balaban J connectivity index is 2.31. The highest BCUT2D eigenvalue weighted by Gasteiger charge is 2.24. The molecule has 1 aliphatic heterocycles. The largest absolute Gasteiger partial charge is 0.357 e. The van der Waals surface area contributed by atoms with Crippen LogP contribution >= 0.6 is 0 Å². The first kappa shape index (κ1) is 13.3. The van der Waals surface area contributed by atoms with Crippen molar-refractivity contribution < 1.29 is 0 Å². The Hall–Kier alpha value is -1.09. The first-order valence-corrected chi connectivity index (χ1v) is 7.18. The Bertz CT molecular complexity index is 374. The molecule has 0 aromatic carbocycles. The van der Waals surface area contributed by atoms with Crippen LogP contribution in [0, 0.1) is 0 Å². The van der Waals surface area contributed by atoms with Crippen molar-refractivity contribution in [3.05, 3.63) is 23.9 Å². The maximum Gasteiger partial charge on any atom is 0.133 e. The van der Waals surface area contributed by atoms with Crippen LogP contribution in [0.5, 0.6) is 0 Å². The molecule has 1 aromatic heterocycles. The van der Waals surface area contributed by atoms with E-state index in [0.29, 0.717) is 6.04 Å². The first-order valence-electron chi connectivity index (χ1n) is 7.18. The van der Waals surface area contributed by atoms with E-state index in [9.17, 15) is 0 Å². The number of piperidine rings is 1. The quantitative estimate of drug-likeness (QED) is 0.815. The standard InChI is InChI=1S/C15H25N3/c1-4-18(5-2)15-13(9-8-11-16-15)14-10-6-7-12-17(14)3/h8-9,11,14H,4-7,10,12H2,1-3H3/t14-/m1/s1. The Labute approximate surface area is 111 Å². The molecule has 0 bridgehead atoms. The minimum absolute atomic E-state index is 0.544. The van der Waals surface area contributed by atoms with Gasteiger partial charge in [0, 0.05) is 30.9 Å². The molecule has 0 aliphatic carbocycles. The van der Waals surface area contributed by atoms with E-state index in [1.54, 1.807) is 0 Å². The lowest BCUT2D eigenvalue weighted by Crippen LogP contribution is -2.32. The van der Waals surface area contributed by atoms with Crippen LogP contribution in [0.2, 0.25) is 0 Å². The van der Waals surface area contributed by atoms with Crippen LogP contribution in [-0.4, -0.2) is 36.6 Å². The predicted octanol–water partition coefficient (Wildman–Crippen LogP) is 3.08. The van der Waals surface area contributed by atoms with E-state index in [0.717, 1.165) is 13.1 Å². The van der Waals surface area contributed by atoms with E-state index in [1.165, 1.54) is 37.2 Å². The number of nitrogens with zero attached hydrogens (tertiary/aromatic N) is 3. The molecule has 0 radical (unpaired) electrons. The van der Waals surface area contributed by atoms with Crippen molar-refractivity contribution in [3.63, 3.8) is 0 Å². The van der Waals surface area contributed by atoms with Gasteiger partial charge in [-0.2, -0.15) is 0 Å². The number of pyridine rings is 1. The number of rotatable bonds is 4. The average Bonchev–Trinajstić information content (AvgIpc) is 2.41. The van der Waals surface area contributed by atoms with Gasteiger partial charge in [0.25, 0.3) is 0 Å². The number of hydrogen-bond acceptors (Lipinski definition) is 3. The second kappa shape index (κ2) is 6.19. The molecule has 3 heteroatoms. The van der Waals surface area contributed by atoms with Crippen molar-refractivity contribution in [2.45, 2.75) is 39.2 Å². The molecule has 1 saturated heterocycles. The first-order chi connectivity index (χ1) is 8.77. The SMILES string of the molecule is CCN(CC)c1ncccc1[C@H]1CCCCN1C. The van der Waals surface area contributed by atoms with E-state index in [-0.39, 0.29) is 0 Å². The van der Waals surface area contributed by atoms with Crippen molar-refractivity contribution >= 4 is 5.82 Å². The maximum absolute atomic E-state index is 4.63. The summed E-state index contributed by atoms with van der Waals surface area (Å²) in [4.78, 5) is 9.47. The molecule has 1 aliphatic rings. The van der Waals surface area contributed by atoms with E-state index < -0.39 is 0 Å². The number of aromatic nitrogens is 1. The molecule has 1 aromatic rings.